The number of hydrogen-bond acceptors (Lipinski definition) is 3. The highest BCUT2D eigenvalue weighted by atomic mass is 16.5. The van der Waals surface area contributed by atoms with Crippen molar-refractivity contribution in [2.24, 2.45) is 4.99 Å². The SMILES string of the molecule is C=C(C)OC(=NC)n1cccn1. The fourth-order valence-electron chi connectivity index (χ4n) is 0.733. The predicted octanol–water partition coefficient (Wildman–Crippen LogP) is 1.27. The van der Waals surface area contributed by atoms with Crippen molar-refractivity contribution in [2.45, 2.75) is 6.92 Å². The molecule has 0 aliphatic carbocycles. The standard InChI is InChI=1S/C8H11N3O/c1-7(2)12-8(9-3)11-6-4-5-10-11/h4-6H,1H2,2-3H3. The van der Waals surface area contributed by atoms with E-state index in [1.54, 1.807) is 32.4 Å². The normalized spacial score (nSPS) is 11.3. The number of nitrogens with zero attached hydrogens (tertiary/aromatic N) is 3. The number of aliphatic imine (C=N–C) groups is 1. The van der Waals surface area contributed by atoms with Gasteiger partial charge in [-0.3, -0.25) is 0 Å². The van der Waals surface area contributed by atoms with Gasteiger partial charge in [0.05, 0.1) is 5.76 Å². The molecular formula is C8H11N3O. The van der Waals surface area contributed by atoms with E-state index >= 15 is 0 Å². The van der Waals surface area contributed by atoms with Gasteiger partial charge in [0.1, 0.15) is 0 Å². The van der Waals surface area contributed by atoms with Crippen LogP contribution in [0.5, 0.6) is 0 Å². The molecule has 1 rings (SSSR count). The highest BCUT2D eigenvalue weighted by Crippen LogP contribution is 1.95. The third kappa shape index (κ3) is 1.95. The summed E-state index contributed by atoms with van der Waals surface area (Å²) in [6, 6.07) is 2.22. The fourth-order valence-corrected chi connectivity index (χ4v) is 0.733. The summed E-state index contributed by atoms with van der Waals surface area (Å²) < 4.78 is 6.74. The number of rotatable bonds is 1. The summed E-state index contributed by atoms with van der Waals surface area (Å²) in [5.74, 6) is 0.589. The molecule has 0 aliphatic heterocycles. The first kappa shape index (κ1) is 8.52. The molecule has 0 aromatic carbocycles. The van der Waals surface area contributed by atoms with E-state index in [0.717, 1.165) is 0 Å². The molecule has 0 amide bonds. The lowest BCUT2D eigenvalue weighted by atomic mass is 10.7. The van der Waals surface area contributed by atoms with Crippen LogP contribution in [0.3, 0.4) is 0 Å². The van der Waals surface area contributed by atoms with E-state index in [2.05, 4.69) is 16.7 Å². The Morgan fingerprint density at radius 2 is 2.42 bits per heavy atom. The van der Waals surface area contributed by atoms with Crippen LogP contribution in [-0.2, 0) is 4.74 Å². The van der Waals surface area contributed by atoms with Crippen molar-refractivity contribution in [1.82, 2.24) is 9.78 Å². The smallest absolute Gasteiger partial charge is 0.317 e. The van der Waals surface area contributed by atoms with Gasteiger partial charge in [0.25, 0.3) is 0 Å². The molecule has 4 nitrogen and oxygen atoms in total. The summed E-state index contributed by atoms with van der Waals surface area (Å²) >= 11 is 0. The van der Waals surface area contributed by atoms with E-state index in [1.165, 1.54) is 4.68 Å². The van der Waals surface area contributed by atoms with Crippen LogP contribution >= 0.6 is 0 Å². The van der Waals surface area contributed by atoms with Crippen molar-refractivity contribution in [3.05, 3.63) is 30.8 Å². The van der Waals surface area contributed by atoms with E-state index in [0.29, 0.717) is 11.8 Å². The Bertz CT molecular complexity index is 287. The van der Waals surface area contributed by atoms with Gasteiger partial charge in [-0.25, -0.2) is 4.99 Å². The van der Waals surface area contributed by atoms with Crippen LogP contribution in [-0.4, -0.2) is 22.8 Å². The van der Waals surface area contributed by atoms with Crippen molar-refractivity contribution in [1.29, 1.82) is 0 Å². The molecule has 0 saturated heterocycles. The molecule has 1 aromatic rings. The zero-order valence-electron chi connectivity index (χ0n) is 7.19. The van der Waals surface area contributed by atoms with Crippen LogP contribution in [0.2, 0.25) is 0 Å². The monoisotopic (exact) mass is 165 g/mol. The maximum Gasteiger partial charge on any atom is 0.317 e. The van der Waals surface area contributed by atoms with E-state index in [9.17, 15) is 0 Å². The third-order valence-electron chi connectivity index (χ3n) is 1.16. The molecule has 1 aromatic heterocycles. The van der Waals surface area contributed by atoms with Gasteiger partial charge < -0.3 is 4.74 Å². The maximum atomic E-state index is 5.20. The zero-order valence-corrected chi connectivity index (χ0v) is 7.19. The molecule has 0 fully saturated rings. The summed E-state index contributed by atoms with van der Waals surface area (Å²) in [4.78, 5) is 3.90. The first-order chi connectivity index (χ1) is 5.74. The maximum absolute atomic E-state index is 5.20. The predicted molar refractivity (Wildman–Crippen MR) is 46.9 cm³/mol. The molecule has 0 bridgehead atoms. The summed E-state index contributed by atoms with van der Waals surface area (Å²) in [7, 11) is 1.64. The van der Waals surface area contributed by atoms with Crippen LogP contribution < -0.4 is 0 Å². The Labute approximate surface area is 71.2 Å². The molecule has 64 valence electrons. The third-order valence-corrected chi connectivity index (χ3v) is 1.16. The highest BCUT2D eigenvalue weighted by Gasteiger charge is 2.01. The van der Waals surface area contributed by atoms with Crippen LogP contribution in [0.4, 0.5) is 0 Å². The molecule has 0 unspecified atom stereocenters. The quantitative estimate of drug-likeness (QED) is 0.357. The van der Waals surface area contributed by atoms with Crippen molar-refractivity contribution in [3.8, 4) is 0 Å². The molecule has 0 atom stereocenters. The summed E-state index contributed by atoms with van der Waals surface area (Å²) in [6.45, 7) is 5.37. The number of aromatic nitrogens is 2. The molecule has 0 radical (unpaired) electrons. The van der Waals surface area contributed by atoms with Gasteiger partial charge in [-0.15, -0.1) is 0 Å². The second-order valence-corrected chi connectivity index (χ2v) is 2.26. The number of allylic oxidation sites excluding steroid dienone is 1. The molecule has 0 N–H and O–H groups in total. The van der Waals surface area contributed by atoms with Crippen molar-refractivity contribution < 1.29 is 4.74 Å². The topological polar surface area (TPSA) is 39.4 Å². The Morgan fingerprint density at radius 3 is 2.83 bits per heavy atom. The summed E-state index contributed by atoms with van der Waals surface area (Å²) in [5, 5.41) is 3.96. The number of hydrogen-bond donors (Lipinski definition) is 0. The highest BCUT2D eigenvalue weighted by molar-refractivity contribution is 5.75. The molecule has 0 saturated carbocycles. The Kier molecular flexibility index (Phi) is 2.63. The van der Waals surface area contributed by atoms with Crippen molar-refractivity contribution in [2.75, 3.05) is 7.05 Å². The summed E-state index contributed by atoms with van der Waals surface area (Å²) in [6.07, 6.45) is 3.41. The van der Waals surface area contributed by atoms with Crippen LogP contribution in [0, 0.1) is 0 Å². The lowest BCUT2D eigenvalue weighted by molar-refractivity contribution is 0.393. The molecule has 1 heterocycles. The van der Waals surface area contributed by atoms with Gasteiger partial charge in [-0.05, 0) is 13.0 Å². The Hall–Kier alpha value is -1.58. The van der Waals surface area contributed by atoms with Gasteiger partial charge in [0.2, 0.25) is 0 Å². The minimum Gasteiger partial charge on any atom is -0.430 e. The lowest BCUT2D eigenvalue weighted by Crippen LogP contribution is -2.15. The second kappa shape index (κ2) is 3.71. The van der Waals surface area contributed by atoms with Crippen molar-refractivity contribution >= 4 is 6.02 Å². The molecule has 0 aliphatic rings. The van der Waals surface area contributed by atoms with E-state index in [1.807, 2.05) is 0 Å². The van der Waals surface area contributed by atoms with Gasteiger partial charge >= 0.3 is 6.02 Å². The molecule has 4 heteroatoms. The van der Waals surface area contributed by atoms with Gasteiger partial charge in [-0.1, -0.05) is 6.58 Å². The second-order valence-electron chi connectivity index (χ2n) is 2.26. The van der Waals surface area contributed by atoms with Gasteiger partial charge in [0, 0.05) is 19.4 Å². The average Bonchev–Trinajstić information content (AvgIpc) is 2.51. The Morgan fingerprint density at radius 1 is 1.67 bits per heavy atom. The van der Waals surface area contributed by atoms with Crippen LogP contribution in [0.25, 0.3) is 0 Å². The Balaban J connectivity index is 2.78. The van der Waals surface area contributed by atoms with Gasteiger partial charge in [-0.2, -0.15) is 9.78 Å². The first-order valence-electron chi connectivity index (χ1n) is 3.54. The molecular weight excluding hydrogens is 154 g/mol. The largest absolute Gasteiger partial charge is 0.430 e. The molecule has 12 heavy (non-hydrogen) atoms. The summed E-state index contributed by atoms with van der Waals surface area (Å²) in [5.41, 5.74) is 0. The van der Waals surface area contributed by atoms with E-state index < -0.39 is 0 Å². The molecule has 0 spiro atoms. The van der Waals surface area contributed by atoms with E-state index in [4.69, 9.17) is 4.74 Å². The van der Waals surface area contributed by atoms with Gasteiger partial charge in [0.15, 0.2) is 0 Å². The average molecular weight is 165 g/mol. The fraction of sp³-hybridized carbons (Fsp3) is 0.250. The number of ether oxygens (including phenoxy) is 1. The zero-order chi connectivity index (χ0) is 8.97. The van der Waals surface area contributed by atoms with E-state index in [-0.39, 0.29) is 0 Å². The van der Waals surface area contributed by atoms with Crippen LogP contribution in [0.1, 0.15) is 6.92 Å². The lowest BCUT2D eigenvalue weighted by Gasteiger charge is -2.05. The van der Waals surface area contributed by atoms with Crippen LogP contribution in [0.15, 0.2) is 35.8 Å². The first-order valence-corrected chi connectivity index (χ1v) is 3.54. The minimum absolute atomic E-state index is 0.424. The van der Waals surface area contributed by atoms with Crippen molar-refractivity contribution in [3.63, 3.8) is 0 Å². The minimum atomic E-state index is 0.424.